The number of hydrogen-bond donors (Lipinski definition) is 1. The van der Waals surface area contributed by atoms with Gasteiger partial charge in [-0.25, -0.2) is 0 Å². The van der Waals surface area contributed by atoms with E-state index < -0.39 is 0 Å². The Bertz CT molecular complexity index is 504. The Hall–Kier alpha value is -1.87. The molecular formula is C16H18N2O. The number of nitrogens with one attached hydrogen (secondary N) is 1. The Morgan fingerprint density at radius 2 is 1.79 bits per heavy atom. The lowest BCUT2D eigenvalue weighted by molar-refractivity contribution is 0.260. The molecule has 0 amide bonds. The molecule has 1 aliphatic rings. The quantitative estimate of drug-likeness (QED) is 0.911. The maximum Gasteiger partial charge on any atom is 0.119 e. The van der Waals surface area contributed by atoms with Gasteiger partial charge < -0.3 is 10.1 Å². The molecule has 0 radical (unpaired) electrons. The number of nitrogens with zero attached hydrogens (tertiary/aromatic N) is 1. The molecule has 3 nitrogen and oxygen atoms in total. The number of hydrogen-bond acceptors (Lipinski definition) is 3. The van der Waals surface area contributed by atoms with Crippen LogP contribution in [0.1, 0.15) is 6.42 Å². The molecule has 0 bridgehead atoms. The van der Waals surface area contributed by atoms with Crippen LogP contribution in [0, 0.1) is 5.92 Å². The molecule has 2 aromatic rings. The third-order valence-corrected chi connectivity index (χ3v) is 3.52. The lowest BCUT2D eigenvalue weighted by Gasteiger charge is -2.11. The highest BCUT2D eigenvalue weighted by Gasteiger charge is 2.14. The normalized spacial score (nSPS) is 18.4. The zero-order valence-corrected chi connectivity index (χ0v) is 10.9. The summed E-state index contributed by atoms with van der Waals surface area (Å²) in [5, 5.41) is 3.35. The van der Waals surface area contributed by atoms with Crippen molar-refractivity contribution in [3.8, 4) is 16.9 Å². The van der Waals surface area contributed by atoms with Crippen molar-refractivity contribution in [3.05, 3.63) is 48.8 Å². The molecular weight excluding hydrogens is 236 g/mol. The summed E-state index contributed by atoms with van der Waals surface area (Å²) in [5.74, 6) is 1.60. The van der Waals surface area contributed by atoms with Gasteiger partial charge in [0, 0.05) is 24.9 Å². The van der Waals surface area contributed by atoms with E-state index in [9.17, 15) is 0 Å². The number of benzene rings is 1. The van der Waals surface area contributed by atoms with E-state index in [1.807, 2.05) is 36.7 Å². The number of pyridine rings is 1. The topological polar surface area (TPSA) is 34.1 Å². The van der Waals surface area contributed by atoms with E-state index in [0.717, 1.165) is 25.4 Å². The molecule has 2 heterocycles. The fourth-order valence-corrected chi connectivity index (χ4v) is 2.36. The van der Waals surface area contributed by atoms with Crippen LogP contribution in [-0.4, -0.2) is 24.7 Å². The van der Waals surface area contributed by atoms with Crippen molar-refractivity contribution in [1.29, 1.82) is 0 Å². The van der Waals surface area contributed by atoms with E-state index >= 15 is 0 Å². The van der Waals surface area contributed by atoms with Crippen LogP contribution in [0.4, 0.5) is 0 Å². The largest absolute Gasteiger partial charge is 0.493 e. The average molecular weight is 254 g/mol. The van der Waals surface area contributed by atoms with E-state index in [2.05, 4.69) is 22.4 Å². The monoisotopic (exact) mass is 254 g/mol. The second-order valence-corrected chi connectivity index (χ2v) is 4.93. The summed E-state index contributed by atoms with van der Waals surface area (Å²) in [4.78, 5) is 4.03. The summed E-state index contributed by atoms with van der Waals surface area (Å²) >= 11 is 0. The lowest BCUT2D eigenvalue weighted by Crippen LogP contribution is -2.15. The lowest BCUT2D eigenvalue weighted by atomic mass is 10.1. The fraction of sp³-hybridized carbons (Fsp3) is 0.312. The van der Waals surface area contributed by atoms with Gasteiger partial charge in [-0.15, -0.1) is 0 Å². The minimum Gasteiger partial charge on any atom is -0.493 e. The highest BCUT2D eigenvalue weighted by molar-refractivity contribution is 5.63. The van der Waals surface area contributed by atoms with Crippen LogP contribution >= 0.6 is 0 Å². The van der Waals surface area contributed by atoms with Gasteiger partial charge in [-0.2, -0.15) is 0 Å². The van der Waals surface area contributed by atoms with Gasteiger partial charge in [0.05, 0.1) is 6.61 Å². The smallest absolute Gasteiger partial charge is 0.119 e. The Morgan fingerprint density at radius 1 is 1.05 bits per heavy atom. The van der Waals surface area contributed by atoms with E-state index in [4.69, 9.17) is 4.74 Å². The predicted octanol–water partition coefficient (Wildman–Crippen LogP) is 2.74. The molecule has 1 aromatic heterocycles. The maximum absolute atomic E-state index is 5.83. The Kier molecular flexibility index (Phi) is 3.75. The van der Waals surface area contributed by atoms with Crippen molar-refractivity contribution in [2.45, 2.75) is 6.42 Å². The zero-order chi connectivity index (χ0) is 12.9. The molecule has 0 saturated carbocycles. The zero-order valence-electron chi connectivity index (χ0n) is 10.9. The highest BCUT2D eigenvalue weighted by Crippen LogP contribution is 2.22. The third kappa shape index (κ3) is 3.12. The predicted molar refractivity (Wildman–Crippen MR) is 76.1 cm³/mol. The van der Waals surface area contributed by atoms with Gasteiger partial charge in [-0.1, -0.05) is 12.1 Å². The third-order valence-electron chi connectivity index (χ3n) is 3.52. The van der Waals surface area contributed by atoms with Crippen LogP contribution < -0.4 is 10.1 Å². The van der Waals surface area contributed by atoms with Gasteiger partial charge in [0.1, 0.15) is 5.75 Å². The molecule has 1 fully saturated rings. The van der Waals surface area contributed by atoms with Gasteiger partial charge in [-0.05, 0) is 48.4 Å². The van der Waals surface area contributed by atoms with Gasteiger partial charge in [0.25, 0.3) is 0 Å². The summed E-state index contributed by atoms with van der Waals surface area (Å²) in [5.41, 5.74) is 2.37. The van der Waals surface area contributed by atoms with E-state index in [-0.39, 0.29) is 0 Å². The van der Waals surface area contributed by atoms with Crippen molar-refractivity contribution in [3.63, 3.8) is 0 Å². The molecule has 1 N–H and O–H groups in total. The minimum atomic E-state index is 0.653. The second kappa shape index (κ2) is 5.85. The molecule has 0 aliphatic carbocycles. The van der Waals surface area contributed by atoms with Gasteiger partial charge in [-0.3, -0.25) is 4.98 Å². The van der Waals surface area contributed by atoms with Crippen LogP contribution in [-0.2, 0) is 0 Å². The molecule has 0 spiro atoms. The average Bonchev–Trinajstić information content (AvgIpc) is 3.00. The molecule has 1 atom stereocenters. The molecule has 3 heteroatoms. The summed E-state index contributed by atoms with van der Waals surface area (Å²) < 4.78 is 5.83. The summed E-state index contributed by atoms with van der Waals surface area (Å²) in [7, 11) is 0. The molecule has 3 rings (SSSR count). The van der Waals surface area contributed by atoms with E-state index in [0.29, 0.717) is 5.92 Å². The van der Waals surface area contributed by atoms with Crippen LogP contribution in [0.2, 0.25) is 0 Å². The standard InChI is InChI=1S/C16H18N2O/c1-3-16(19-12-13-5-8-18-11-13)4-2-14(1)15-6-9-17-10-7-15/h1-4,6-7,9-10,13,18H,5,8,11-12H2. The SMILES string of the molecule is c1cc(-c2ccc(OCC3CCNC3)cc2)ccn1. The highest BCUT2D eigenvalue weighted by atomic mass is 16.5. The fourth-order valence-electron chi connectivity index (χ4n) is 2.36. The van der Waals surface area contributed by atoms with Crippen molar-refractivity contribution >= 4 is 0 Å². The first kappa shape index (κ1) is 12.2. The molecule has 98 valence electrons. The maximum atomic E-state index is 5.83. The van der Waals surface area contributed by atoms with Crippen LogP contribution in [0.25, 0.3) is 11.1 Å². The van der Waals surface area contributed by atoms with E-state index in [1.165, 1.54) is 17.5 Å². The molecule has 1 unspecified atom stereocenters. The van der Waals surface area contributed by atoms with Gasteiger partial charge in [0.2, 0.25) is 0 Å². The van der Waals surface area contributed by atoms with Crippen LogP contribution in [0.3, 0.4) is 0 Å². The van der Waals surface area contributed by atoms with Crippen molar-refractivity contribution in [1.82, 2.24) is 10.3 Å². The summed E-state index contributed by atoms with van der Waals surface area (Å²) in [6.45, 7) is 3.01. The van der Waals surface area contributed by atoms with Crippen LogP contribution in [0.15, 0.2) is 48.8 Å². The molecule has 19 heavy (non-hydrogen) atoms. The number of rotatable bonds is 4. The van der Waals surface area contributed by atoms with Gasteiger partial charge in [0.15, 0.2) is 0 Å². The summed E-state index contributed by atoms with van der Waals surface area (Å²) in [6, 6.07) is 12.3. The Morgan fingerprint density at radius 3 is 2.47 bits per heavy atom. The molecule has 1 saturated heterocycles. The molecule has 1 aromatic carbocycles. The first-order valence-electron chi connectivity index (χ1n) is 6.76. The Balaban J connectivity index is 1.62. The number of ether oxygens (including phenoxy) is 1. The Labute approximate surface area is 113 Å². The van der Waals surface area contributed by atoms with Crippen LogP contribution in [0.5, 0.6) is 5.75 Å². The van der Waals surface area contributed by atoms with Gasteiger partial charge >= 0.3 is 0 Å². The van der Waals surface area contributed by atoms with Crippen molar-refractivity contribution in [2.75, 3.05) is 19.7 Å². The minimum absolute atomic E-state index is 0.653. The van der Waals surface area contributed by atoms with E-state index in [1.54, 1.807) is 0 Å². The number of aromatic nitrogens is 1. The molecule has 1 aliphatic heterocycles. The van der Waals surface area contributed by atoms with Crippen molar-refractivity contribution in [2.24, 2.45) is 5.92 Å². The first-order valence-corrected chi connectivity index (χ1v) is 6.76. The second-order valence-electron chi connectivity index (χ2n) is 4.93. The van der Waals surface area contributed by atoms with Crippen molar-refractivity contribution < 1.29 is 4.74 Å². The first-order chi connectivity index (χ1) is 9.42. The summed E-state index contributed by atoms with van der Waals surface area (Å²) in [6.07, 6.45) is 4.84.